The molecular weight excluding hydrogens is 249 g/mol. The van der Waals surface area contributed by atoms with Crippen molar-refractivity contribution in [1.29, 1.82) is 0 Å². The van der Waals surface area contributed by atoms with Gasteiger partial charge in [0.15, 0.2) is 0 Å². The second-order valence-corrected chi connectivity index (χ2v) is 5.73. The van der Waals surface area contributed by atoms with Crippen LogP contribution in [0.15, 0.2) is 48.5 Å². The van der Waals surface area contributed by atoms with Crippen LogP contribution in [-0.2, 0) is 6.54 Å². The molecule has 1 nitrogen and oxygen atoms in total. The summed E-state index contributed by atoms with van der Waals surface area (Å²) in [6, 6.07) is 16.0. The van der Waals surface area contributed by atoms with E-state index in [0.717, 1.165) is 12.1 Å². The van der Waals surface area contributed by atoms with Crippen LogP contribution in [0.4, 0.5) is 4.39 Å². The third-order valence-electron chi connectivity index (χ3n) is 4.27. The van der Waals surface area contributed by atoms with Crippen molar-refractivity contribution in [3.63, 3.8) is 0 Å². The molecule has 1 saturated carbocycles. The zero-order valence-electron chi connectivity index (χ0n) is 11.8. The van der Waals surface area contributed by atoms with Gasteiger partial charge < -0.3 is 5.32 Å². The van der Waals surface area contributed by atoms with Crippen LogP contribution >= 0.6 is 0 Å². The molecule has 0 radical (unpaired) electrons. The van der Waals surface area contributed by atoms with Crippen molar-refractivity contribution in [2.45, 2.75) is 38.3 Å². The Hall–Kier alpha value is -1.67. The highest BCUT2D eigenvalue weighted by Gasteiger charge is 2.30. The van der Waals surface area contributed by atoms with Crippen molar-refractivity contribution in [2.24, 2.45) is 0 Å². The molecule has 0 heterocycles. The lowest BCUT2D eigenvalue weighted by molar-refractivity contribution is 0.289. The molecule has 0 aromatic heterocycles. The van der Waals surface area contributed by atoms with E-state index in [1.165, 1.54) is 36.1 Å². The van der Waals surface area contributed by atoms with E-state index < -0.39 is 0 Å². The number of hydrogen-bond acceptors (Lipinski definition) is 1. The molecule has 2 aromatic rings. The first-order valence-corrected chi connectivity index (χ1v) is 7.26. The van der Waals surface area contributed by atoms with E-state index in [2.05, 4.69) is 36.5 Å². The highest BCUT2D eigenvalue weighted by Crippen LogP contribution is 2.38. The normalized spacial score (nSPS) is 21.5. The monoisotopic (exact) mass is 269 g/mol. The second-order valence-electron chi connectivity index (χ2n) is 5.73. The fraction of sp³-hybridized carbons (Fsp3) is 0.333. The summed E-state index contributed by atoms with van der Waals surface area (Å²) in [5, 5.41) is 3.55. The highest BCUT2D eigenvalue weighted by atomic mass is 19.1. The summed E-state index contributed by atoms with van der Waals surface area (Å²) >= 11 is 0. The maximum absolute atomic E-state index is 12.8. The summed E-state index contributed by atoms with van der Waals surface area (Å²) in [4.78, 5) is 0. The molecule has 3 rings (SSSR count). The molecule has 2 heteroatoms. The predicted molar refractivity (Wildman–Crippen MR) is 80.2 cm³/mol. The van der Waals surface area contributed by atoms with Gasteiger partial charge in [0.2, 0.25) is 0 Å². The fourth-order valence-corrected chi connectivity index (χ4v) is 2.95. The van der Waals surface area contributed by atoms with Crippen molar-refractivity contribution >= 4 is 0 Å². The van der Waals surface area contributed by atoms with E-state index >= 15 is 0 Å². The van der Waals surface area contributed by atoms with Crippen LogP contribution in [0.5, 0.6) is 0 Å². The zero-order chi connectivity index (χ0) is 13.9. The van der Waals surface area contributed by atoms with Gasteiger partial charge in [0.1, 0.15) is 5.82 Å². The topological polar surface area (TPSA) is 12.0 Å². The minimum Gasteiger partial charge on any atom is -0.310 e. The summed E-state index contributed by atoms with van der Waals surface area (Å²) in [6.07, 6.45) is 2.40. The molecule has 2 aromatic carbocycles. The van der Waals surface area contributed by atoms with Gasteiger partial charge in [0, 0.05) is 12.6 Å². The van der Waals surface area contributed by atoms with E-state index in [-0.39, 0.29) is 5.82 Å². The van der Waals surface area contributed by atoms with E-state index in [4.69, 9.17) is 0 Å². The fourth-order valence-electron chi connectivity index (χ4n) is 2.95. The molecule has 1 fully saturated rings. The summed E-state index contributed by atoms with van der Waals surface area (Å²) in [5.74, 6) is 0.527. The first-order chi connectivity index (χ1) is 9.72. The summed E-state index contributed by atoms with van der Waals surface area (Å²) < 4.78 is 12.8. The van der Waals surface area contributed by atoms with Crippen molar-refractivity contribution in [1.82, 2.24) is 5.32 Å². The standard InChI is InChI=1S/C18H20FN/c1-13-4-2-3-5-18(13)15-10-17(11-15)20-12-14-6-8-16(19)9-7-14/h2-9,15,17,20H,10-12H2,1H3. The average Bonchev–Trinajstić information content (AvgIpc) is 2.41. The molecule has 1 aliphatic rings. The smallest absolute Gasteiger partial charge is 0.123 e. The molecule has 20 heavy (non-hydrogen) atoms. The maximum atomic E-state index is 12.8. The minimum absolute atomic E-state index is 0.169. The molecule has 0 saturated heterocycles. The van der Waals surface area contributed by atoms with Gasteiger partial charge in [-0.05, 0) is 54.5 Å². The summed E-state index contributed by atoms with van der Waals surface area (Å²) in [5.41, 5.74) is 4.03. The lowest BCUT2D eigenvalue weighted by Gasteiger charge is -2.37. The summed E-state index contributed by atoms with van der Waals surface area (Å²) in [6.45, 7) is 3.01. The Morgan fingerprint density at radius 2 is 1.75 bits per heavy atom. The Bertz CT molecular complexity index is 570. The first kappa shape index (κ1) is 13.3. The third kappa shape index (κ3) is 2.91. The van der Waals surface area contributed by atoms with Crippen LogP contribution in [0, 0.1) is 12.7 Å². The van der Waals surface area contributed by atoms with Crippen LogP contribution in [0.2, 0.25) is 0 Å². The number of rotatable bonds is 4. The van der Waals surface area contributed by atoms with Gasteiger partial charge in [-0.25, -0.2) is 4.39 Å². The lowest BCUT2D eigenvalue weighted by Crippen LogP contribution is -2.39. The molecule has 1 N–H and O–H groups in total. The Kier molecular flexibility index (Phi) is 3.83. The van der Waals surface area contributed by atoms with Crippen molar-refractivity contribution in [2.75, 3.05) is 0 Å². The van der Waals surface area contributed by atoms with Crippen molar-refractivity contribution in [3.8, 4) is 0 Å². The van der Waals surface area contributed by atoms with Gasteiger partial charge in [-0.15, -0.1) is 0 Å². The second kappa shape index (κ2) is 5.76. The molecular formula is C18H20FN. The van der Waals surface area contributed by atoms with Crippen molar-refractivity contribution < 1.29 is 4.39 Å². The quantitative estimate of drug-likeness (QED) is 0.878. The first-order valence-electron chi connectivity index (χ1n) is 7.26. The SMILES string of the molecule is Cc1ccccc1C1CC(NCc2ccc(F)cc2)C1. The van der Waals surface area contributed by atoms with E-state index in [0.29, 0.717) is 12.0 Å². The molecule has 0 aliphatic heterocycles. The molecule has 0 amide bonds. The largest absolute Gasteiger partial charge is 0.310 e. The third-order valence-corrected chi connectivity index (χ3v) is 4.27. The van der Waals surface area contributed by atoms with Crippen molar-refractivity contribution in [3.05, 3.63) is 71.0 Å². The maximum Gasteiger partial charge on any atom is 0.123 e. The van der Waals surface area contributed by atoms with Crippen LogP contribution in [0.25, 0.3) is 0 Å². The van der Waals surface area contributed by atoms with Gasteiger partial charge in [-0.1, -0.05) is 36.4 Å². The van der Waals surface area contributed by atoms with Gasteiger partial charge >= 0.3 is 0 Å². The van der Waals surface area contributed by atoms with Crippen LogP contribution < -0.4 is 5.32 Å². The molecule has 0 atom stereocenters. The average molecular weight is 269 g/mol. The number of halogens is 1. The van der Waals surface area contributed by atoms with Crippen LogP contribution in [0.3, 0.4) is 0 Å². The van der Waals surface area contributed by atoms with Crippen LogP contribution in [0.1, 0.15) is 35.4 Å². The van der Waals surface area contributed by atoms with Gasteiger partial charge in [0.25, 0.3) is 0 Å². The number of hydrogen-bond donors (Lipinski definition) is 1. The number of nitrogens with one attached hydrogen (secondary N) is 1. The van der Waals surface area contributed by atoms with E-state index in [1.54, 1.807) is 0 Å². The van der Waals surface area contributed by atoms with Crippen LogP contribution in [-0.4, -0.2) is 6.04 Å². The van der Waals surface area contributed by atoms with Gasteiger partial charge in [-0.3, -0.25) is 0 Å². The lowest BCUT2D eigenvalue weighted by atomic mass is 9.74. The minimum atomic E-state index is -0.169. The van der Waals surface area contributed by atoms with Gasteiger partial charge in [0.05, 0.1) is 0 Å². The Morgan fingerprint density at radius 3 is 2.45 bits per heavy atom. The Morgan fingerprint density at radius 1 is 1.05 bits per heavy atom. The Balaban J connectivity index is 1.49. The number of benzene rings is 2. The van der Waals surface area contributed by atoms with E-state index in [9.17, 15) is 4.39 Å². The molecule has 0 spiro atoms. The summed E-state index contributed by atoms with van der Waals surface area (Å²) in [7, 11) is 0. The van der Waals surface area contributed by atoms with E-state index in [1.807, 2.05) is 12.1 Å². The predicted octanol–water partition coefficient (Wildman–Crippen LogP) is 4.17. The van der Waals surface area contributed by atoms with Gasteiger partial charge in [-0.2, -0.15) is 0 Å². The Labute approximate surface area is 119 Å². The molecule has 1 aliphatic carbocycles. The molecule has 0 bridgehead atoms. The highest BCUT2D eigenvalue weighted by molar-refractivity contribution is 5.31. The molecule has 0 unspecified atom stereocenters. The molecule has 104 valence electrons. The zero-order valence-corrected chi connectivity index (χ0v) is 11.8. The number of aryl methyl sites for hydroxylation is 1.